The van der Waals surface area contributed by atoms with Gasteiger partial charge in [-0.25, -0.2) is 9.69 Å². The topological polar surface area (TPSA) is 52.7 Å². The Morgan fingerprint density at radius 2 is 1.41 bits per heavy atom. The lowest BCUT2D eigenvalue weighted by molar-refractivity contribution is -0.133. The molecule has 1 aliphatic carbocycles. The maximum atomic E-state index is 13.9. The Balaban J connectivity index is 1.40. The van der Waals surface area contributed by atoms with E-state index in [1.807, 2.05) is 60.7 Å². The third-order valence-electron chi connectivity index (χ3n) is 7.62. The lowest BCUT2D eigenvalue weighted by Crippen LogP contribution is -2.54. The summed E-state index contributed by atoms with van der Waals surface area (Å²) >= 11 is 0. The fourth-order valence-electron chi connectivity index (χ4n) is 6.08. The van der Waals surface area contributed by atoms with Gasteiger partial charge in [0.25, 0.3) is 5.91 Å². The zero-order chi connectivity index (χ0) is 22.0. The van der Waals surface area contributed by atoms with E-state index in [1.165, 1.54) is 37.0 Å². The molecule has 1 N–H and O–H groups in total. The molecular formula is C27H33N3O2. The summed E-state index contributed by atoms with van der Waals surface area (Å²) in [7, 11) is 0. The van der Waals surface area contributed by atoms with Gasteiger partial charge in [-0.2, -0.15) is 0 Å². The Hall–Kier alpha value is -2.66. The number of carbonyl (C=O) groups is 2. The second-order valence-electron chi connectivity index (χ2n) is 9.78. The van der Waals surface area contributed by atoms with Crippen molar-refractivity contribution in [3.05, 3.63) is 71.8 Å². The van der Waals surface area contributed by atoms with Crippen molar-refractivity contribution in [2.75, 3.05) is 13.2 Å². The number of benzene rings is 2. The van der Waals surface area contributed by atoms with Crippen molar-refractivity contribution in [2.45, 2.75) is 62.9 Å². The van der Waals surface area contributed by atoms with E-state index in [-0.39, 0.29) is 11.9 Å². The Labute approximate surface area is 190 Å². The van der Waals surface area contributed by atoms with Gasteiger partial charge in [0, 0.05) is 25.4 Å². The highest BCUT2D eigenvalue weighted by Crippen LogP contribution is 2.36. The van der Waals surface area contributed by atoms with Gasteiger partial charge in [0.15, 0.2) is 0 Å². The molecule has 2 saturated heterocycles. The summed E-state index contributed by atoms with van der Waals surface area (Å²) in [4.78, 5) is 31.0. The summed E-state index contributed by atoms with van der Waals surface area (Å²) in [5.74, 6) is 0.629. The van der Waals surface area contributed by atoms with Crippen molar-refractivity contribution >= 4 is 11.9 Å². The molecule has 2 aromatic rings. The van der Waals surface area contributed by atoms with E-state index < -0.39 is 5.54 Å². The number of rotatable bonds is 6. The van der Waals surface area contributed by atoms with E-state index in [2.05, 4.69) is 10.2 Å². The molecule has 0 aromatic heterocycles. The van der Waals surface area contributed by atoms with Crippen LogP contribution in [0.4, 0.5) is 4.79 Å². The number of nitrogens with zero attached hydrogens (tertiary/aromatic N) is 2. The molecule has 3 aliphatic rings. The van der Waals surface area contributed by atoms with Gasteiger partial charge in [0.2, 0.25) is 0 Å². The van der Waals surface area contributed by atoms with E-state index in [0.29, 0.717) is 25.6 Å². The van der Waals surface area contributed by atoms with Crippen LogP contribution in [0, 0.1) is 5.92 Å². The van der Waals surface area contributed by atoms with Crippen LogP contribution in [0.15, 0.2) is 60.7 Å². The molecular weight excluding hydrogens is 398 g/mol. The van der Waals surface area contributed by atoms with Crippen LogP contribution in [-0.2, 0) is 17.6 Å². The summed E-state index contributed by atoms with van der Waals surface area (Å²) in [6.07, 6.45) is 8.48. The highest BCUT2D eigenvalue weighted by molar-refractivity contribution is 6.07. The molecule has 168 valence electrons. The molecule has 3 fully saturated rings. The van der Waals surface area contributed by atoms with Gasteiger partial charge in [-0.15, -0.1) is 0 Å². The van der Waals surface area contributed by atoms with Crippen LogP contribution >= 0.6 is 0 Å². The number of fused-ring (bicyclic) bond motifs is 1. The number of urea groups is 1. The van der Waals surface area contributed by atoms with Gasteiger partial charge >= 0.3 is 6.03 Å². The predicted molar refractivity (Wildman–Crippen MR) is 125 cm³/mol. The van der Waals surface area contributed by atoms with Crippen LogP contribution in [0.3, 0.4) is 0 Å². The summed E-state index contributed by atoms with van der Waals surface area (Å²) < 4.78 is 0. The van der Waals surface area contributed by atoms with Crippen LogP contribution in [0.1, 0.15) is 49.7 Å². The van der Waals surface area contributed by atoms with E-state index in [4.69, 9.17) is 0 Å². The maximum absolute atomic E-state index is 13.9. The van der Waals surface area contributed by atoms with Crippen molar-refractivity contribution in [3.8, 4) is 0 Å². The first-order chi connectivity index (χ1) is 15.6. The minimum absolute atomic E-state index is 0.0897. The Bertz CT molecular complexity index is 902. The zero-order valence-corrected chi connectivity index (χ0v) is 18.7. The van der Waals surface area contributed by atoms with Crippen LogP contribution in [-0.4, -0.2) is 46.5 Å². The molecule has 5 nitrogen and oxygen atoms in total. The highest BCUT2D eigenvalue weighted by atomic mass is 16.2. The SMILES string of the molecule is O=C1NC(Cc2ccccc2)(Cc2ccccc2)C(=O)N1CN1CCC[C@@H]2CCCC[C@H]21. The van der Waals surface area contributed by atoms with Gasteiger partial charge < -0.3 is 5.32 Å². The minimum Gasteiger partial charge on any atom is -0.322 e. The average Bonchev–Trinajstić information content (AvgIpc) is 3.04. The first-order valence-corrected chi connectivity index (χ1v) is 12.1. The molecule has 1 saturated carbocycles. The van der Waals surface area contributed by atoms with Gasteiger partial charge in [-0.3, -0.25) is 9.69 Å². The summed E-state index contributed by atoms with van der Waals surface area (Å²) in [5.41, 5.74) is 1.18. The van der Waals surface area contributed by atoms with E-state index in [9.17, 15) is 9.59 Å². The average molecular weight is 432 g/mol. The second kappa shape index (κ2) is 9.07. The lowest BCUT2D eigenvalue weighted by Gasteiger charge is -2.45. The van der Waals surface area contributed by atoms with Crippen LogP contribution < -0.4 is 5.32 Å². The fourth-order valence-corrected chi connectivity index (χ4v) is 6.08. The molecule has 5 heteroatoms. The molecule has 2 heterocycles. The van der Waals surface area contributed by atoms with Gasteiger partial charge in [0.1, 0.15) is 5.54 Å². The predicted octanol–water partition coefficient (Wildman–Crippen LogP) is 4.37. The summed E-state index contributed by atoms with van der Waals surface area (Å²) in [6, 6.07) is 20.3. The number of hydrogen-bond acceptors (Lipinski definition) is 3. The molecule has 0 unspecified atom stereocenters. The third kappa shape index (κ3) is 4.18. The number of nitrogens with one attached hydrogen (secondary N) is 1. The first kappa shape index (κ1) is 21.2. The molecule has 2 atom stereocenters. The van der Waals surface area contributed by atoms with Crippen molar-refractivity contribution in [3.63, 3.8) is 0 Å². The van der Waals surface area contributed by atoms with Gasteiger partial charge in [-0.1, -0.05) is 73.5 Å². The number of likely N-dealkylation sites (tertiary alicyclic amines) is 1. The maximum Gasteiger partial charge on any atom is 0.326 e. The van der Waals surface area contributed by atoms with Gasteiger partial charge in [0.05, 0.1) is 6.67 Å². The van der Waals surface area contributed by atoms with E-state index in [1.54, 1.807) is 0 Å². The smallest absolute Gasteiger partial charge is 0.322 e. The number of carbonyl (C=O) groups excluding carboxylic acids is 2. The Morgan fingerprint density at radius 1 is 0.812 bits per heavy atom. The number of imide groups is 1. The molecule has 0 spiro atoms. The molecule has 0 bridgehead atoms. The quantitative estimate of drug-likeness (QED) is 0.691. The van der Waals surface area contributed by atoms with E-state index in [0.717, 1.165) is 30.0 Å². The molecule has 2 aromatic carbocycles. The van der Waals surface area contributed by atoms with Crippen LogP contribution in [0.2, 0.25) is 0 Å². The fraction of sp³-hybridized carbons (Fsp3) is 0.481. The number of hydrogen-bond donors (Lipinski definition) is 1. The molecule has 32 heavy (non-hydrogen) atoms. The standard InChI is InChI=1S/C27H33N3O2/c31-25-27(18-21-10-3-1-4-11-21,19-22-12-5-2-6-13-22)28-26(32)30(25)20-29-17-9-15-23-14-7-8-16-24(23)29/h1-6,10-13,23-24H,7-9,14-20H2,(H,28,32)/t23-,24+/m0/s1. The van der Waals surface area contributed by atoms with Crippen molar-refractivity contribution < 1.29 is 9.59 Å². The van der Waals surface area contributed by atoms with Crippen molar-refractivity contribution in [1.82, 2.24) is 15.1 Å². The second-order valence-corrected chi connectivity index (χ2v) is 9.78. The normalized spacial score (nSPS) is 25.4. The zero-order valence-electron chi connectivity index (χ0n) is 18.7. The number of amides is 3. The van der Waals surface area contributed by atoms with Crippen molar-refractivity contribution in [1.29, 1.82) is 0 Å². The van der Waals surface area contributed by atoms with Crippen molar-refractivity contribution in [2.24, 2.45) is 5.92 Å². The highest BCUT2D eigenvalue weighted by Gasteiger charge is 2.52. The summed E-state index contributed by atoms with van der Waals surface area (Å²) in [6.45, 7) is 1.39. The Kier molecular flexibility index (Phi) is 6.01. The third-order valence-corrected chi connectivity index (χ3v) is 7.62. The van der Waals surface area contributed by atoms with Gasteiger partial charge in [-0.05, 0) is 42.7 Å². The minimum atomic E-state index is -0.943. The number of piperidine rings is 1. The van der Waals surface area contributed by atoms with Crippen LogP contribution in [0.5, 0.6) is 0 Å². The molecule has 2 aliphatic heterocycles. The molecule has 5 rings (SSSR count). The van der Waals surface area contributed by atoms with E-state index >= 15 is 0 Å². The molecule has 3 amide bonds. The van der Waals surface area contributed by atoms with Crippen LogP contribution in [0.25, 0.3) is 0 Å². The largest absolute Gasteiger partial charge is 0.326 e. The lowest BCUT2D eigenvalue weighted by atomic mass is 9.78. The molecule has 0 radical (unpaired) electrons. The first-order valence-electron chi connectivity index (χ1n) is 12.1. The Morgan fingerprint density at radius 3 is 2.06 bits per heavy atom. The monoisotopic (exact) mass is 431 g/mol. The summed E-state index contributed by atoms with van der Waals surface area (Å²) in [5, 5.41) is 3.14.